The second-order valence-corrected chi connectivity index (χ2v) is 28.2. The van der Waals surface area contributed by atoms with Crippen LogP contribution in [-0.2, 0) is 6.42 Å². The smallest absolute Gasteiger partial charge is 0.457 e. The summed E-state index contributed by atoms with van der Waals surface area (Å²) in [6, 6.07) is 99.4. The Balaban J connectivity index is 0.00000827. The van der Waals surface area contributed by atoms with Crippen molar-refractivity contribution < 1.29 is 39.9 Å². The predicted molar refractivity (Wildman–Crippen MR) is 444 cm³/mol. The Labute approximate surface area is 642 Å². The molecule has 1 aliphatic rings. The van der Waals surface area contributed by atoms with Crippen LogP contribution in [0.1, 0.15) is 89.2 Å². The van der Waals surface area contributed by atoms with E-state index in [1.807, 2.05) is 37.3 Å². The minimum absolute atomic E-state index is 0. The van der Waals surface area contributed by atoms with E-state index in [1.165, 1.54) is 42.4 Å². The number of hydrogen-bond acceptors (Lipinski definition) is 5. The molecule has 0 unspecified atom stereocenters. The van der Waals surface area contributed by atoms with E-state index in [2.05, 4.69) is 300 Å². The first-order valence-electron chi connectivity index (χ1n) is 35.7. The number of rotatable bonds is 14. The SMILES string of the molecule is C=C(N=C(N=C(C)c1ccc2c(c1)[nH]c1cc(-c3cccc4c3oc3ccccc34)ccc12)c1ccc(-c2cccc(C(=C)N=C(N=C(C)c3c[c-]c(C4=[C-]C=C(c5cccc6c5oc5ccccc56)CC4)cc3)c3ccc(-c4ccccc4CC)c(C)c3)c2)cc1)c1ccc2sc3ccccc3c2c1.[U+2]. The number of thiophene rings is 1. The zero-order chi connectivity index (χ0) is 70.8. The van der Waals surface area contributed by atoms with Crippen molar-refractivity contribution in [1.82, 2.24) is 4.98 Å². The van der Waals surface area contributed by atoms with Crippen molar-refractivity contribution in [3.8, 4) is 33.4 Å². The number of H-pyrrole nitrogens is 1. The maximum Gasteiger partial charge on any atom is 2.00 e. The second kappa shape index (κ2) is 28.3. The molecular weight excluding hydrogens is 1540 g/mol. The Kier molecular flexibility index (Phi) is 18.0. The number of fused-ring (bicyclic) bond motifs is 12. The molecule has 0 fully saturated rings. The molecule has 0 saturated heterocycles. The molecule has 0 radical (unpaired) electrons. The van der Waals surface area contributed by atoms with Gasteiger partial charge in [-0.1, -0.05) is 239 Å². The van der Waals surface area contributed by atoms with Crippen LogP contribution >= 0.6 is 11.3 Å². The molecule has 0 saturated carbocycles. The Hall–Kier alpha value is -11.8. The Bertz CT molecular complexity index is 6640. The molecular formula is C97H69N5O2SU. The minimum Gasteiger partial charge on any atom is -0.457 e. The van der Waals surface area contributed by atoms with Gasteiger partial charge in [-0.3, -0.25) is 0 Å². The quantitative estimate of drug-likeness (QED) is 0.0667. The number of furan rings is 2. The summed E-state index contributed by atoms with van der Waals surface area (Å²) in [5.74, 6) is 1.11. The van der Waals surface area contributed by atoms with Crippen LogP contribution in [0.2, 0.25) is 0 Å². The number of amidine groups is 2. The van der Waals surface area contributed by atoms with Gasteiger partial charge < -0.3 is 13.8 Å². The van der Waals surface area contributed by atoms with Crippen LogP contribution in [0.25, 0.3) is 142 Å². The fourth-order valence-corrected chi connectivity index (χ4v) is 16.1. The monoisotopic (exact) mass is 1610 g/mol. The number of aromatic amines is 1. The van der Waals surface area contributed by atoms with Gasteiger partial charge in [0.25, 0.3) is 0 Å². The molecule has 9 heteroatoms. The molecule has 7 nitrogen and oxygen atoms in total. The molecule has 106 heavy (non-hydrogen) atoms. The molecule has 0 bridgehead atoms. The van der Waals surface area contributed by atoms with Crippen molar-refractivity contribution in [2.24, 2.45) is 20.0 Å². The third-order valence-electron chi connectivity index (χ3n) is 20.7. The molecule has 1 N–H and O–H groups in total. The Morgan fingerprint density at radius 1 is 0.434 bits per heavy atom. The molecule has 0 aliphatic heterocycles. The predicted octanol–water partition coefficient (Wildman–Crippen LogP) is 26.1. The maximum absolute atomic E-state index is 6.47. The van der Waals surface area contributed by atoms with Crippen molar-refractivity contribution in [2.75, 3.05) is 0 Å². The van der Waals surface area contributed by atoms with Crippen LogP contribution in [0.3, 0.4) is 0 Å². The van der Waals surface area contributed by atoms with Crippen LogP contribution in [0, 0.1) is 50.2 Å². The third-order valence-corrected chi connectivity index (χ3v) is 21.8. The third kappa shape index (κ3) is 12.6. The van der Waals surface area contributed by atoms with E-state index in [4.69, 9.17) is 28.8 Å². The molecule has 13 aromatic carbocycles. The summed E-state index contributed by atoms with van der Waals surface area (Å²) in [7, 11) is 0. The molecule has 4 heterocycles. The van der Waals surface area contributed by atoms with Crippen molar-refractivity contribution in [3.05, 3.63) is 360 Å². The van der Waals surface area contributed by atoms with E-state index < -0.39 is 0 Å². The summed E-state index contributed by atoms with van der Waals surface area (Å²) >= 11 is 1.79. The number of benzene rings is 13. The number of nitrogens with one attached hydrogen (secondary N) is 1. The average Bonchev–Trinajstić information content (AvgIpc) is 1.63. The van der Waals surface area contributed by atoms with Crippen LogP contribution in [0.4, 0.5) is 0 Å². The first-order valence-corrected chi connectivity index (χ1v) is 36.5. The van der Waals surface area contributed by atoms with Gasteiger partial charge in [0, 0.05) is 103 Å². The standard InChI is InChI=1S/C97H69N5O2S.U/c1-7-63-19-8-9-22-77(63)76-49-47-75(53-58(76)2)97(98-59(3)64-33-35-65(36-34-64)66-37-41-68(42-38-66)78-26-17-28-85-82-23-10-13-30-90(82)103-94(78)85)101-60(4)70-20-16-21-73(54-70)67-39-43-69(44-40-67)96(99-61(5)71-48-52-93-87(55-71)84-25-12-15-32-92(84)105-93)100-62(6)72-45-50-80-81-51-46-74(57-89(81)102-88(80)56-72)79-27-18-29-86-83-24-11-14-31-91(83)104-95(79)86;/h8-35,39-40,42-57,102H,4-5,7,37,41H2,1-3,6H3;/q-2;+2. The fourth-order valence-electron chi connectivity index (χ4n) is 15.0. The topological polar surface area (TPSA) is 91.5 Å². The number of nitrogens with zero attached hydrogens (tertiary/aromatic N) is 4. The van der Waals surface area contributed by atoms with Gasteiger partial charge in [0.05, 0.1) is 11.4 Å². The van der Waals surface area contributed by atoms with Crippen LogP contribution < -0.4 is 0 Å². The van der Waals surface area contributed by atoms with E-state index >= 15 is 0 Å². The summed E-state index contributed by atoms with van der Waals surface area (Å²) in [5, 5.41) is 9.17. The van der Waals surface area contributed by atoms with Gasteiger partial charge in [-0.25, -0.2) is 43.2 Å². The summed E-state index contributed by atoms with van der Waals surface area (Å²) in [6.07, 6.45) is 8.38. The first-order chi connectivity index (χ1) is 51.5. The molecule has 0 spiro atoms. The van der Waals surface area contributed by atoms with Gasteiger partial charge in [-0.2, -0.15) is 18.2 Å². The Morgan fingerprint density at radius 2 is 1.01 bits per heavy atom. The van der Waals surface area contributed by atoms with E-state index in [9.17, 15) is 0 Å². The van der Waals surface area contributed by atoms with Gasteiger partial charge >= 0.3 is 31.1 Å². The van der Waals surface area contributed by atoms with Crippen molar-refractivity contribution >= 4 is 143 Å². The van der Waals surface area contributed by atoms with Gasteiger partial charge in [-0.15, -0.1) is 23.0 Å². The molecule has 18 rings (SSSR count). The number of aromatic nitrogens is 1. The van der Waals surface area contributed by atoms with Crippen LogP contribution in [0.15, 0.2) is 321 Å². The largest absolute Gasteiger partial charge is 2.00 e. The van der Waals surface area contributed by atoms with Gasteiger partial charge in [0.1, 0.15) is 22.3 Å². The van der Waals surface area contributed by atoms with Crippen LogP contribution in [-0.4, -0.2) is 28.1 Å². The molecule has 0 atom stereocenters. The normalized spacial score (nSPS) is 13.2. The van der Waals surface area contributed by atoms with Crippen molar-refractivity contribution in [3.63, 3.8) is 0 Å². The molecule has 504 valence electrons. The summed E-state index contributed by atoms with van der Waals surface area (Å²) in [6.45, 7) is 17.7. The molecule has 4 aromatic heterocycles. The molecule has 17 aromatic rings. The number of aryl methyl sites for hydroxylation is 2. The first kappa shape index (κ1) is 67.4. The van der Waals surface area contributed by atoms with Gasteiger partial charge in [-0.05, 0) is 132 Å². The van der Waals surface area contributed by atoms with E-state index in [0.717, 1.165) is 174 Å². The van der Waals surface area contributed by atoms with Gasteiger partial charge in [0.2, 0.25) is 0 Å². The zero-order valence-electron chi connectivity index (χ0n) is 59.1. The van der Waals surface area contributed by atoms with Crippen molar-refractivity contribution in [1.29, 1.82) is 0 Å². The van der Waals surface area contributed by atoms with Crippen LogP contribution in [0.5, 0.6) is 0 Å². The Morgan fingerprint density at radius 3 is 1.73 bits per heavy atom. The number of aliphatic imine (C=N–C) groups is 4. The average molecular weight is 1610 g/mol. The summed E-state index contributed by atoms with van der Waals surface area (Å²) < 4.78 is 15.3. The van der Waals surface area contributed by atoms with Crippen molar-refractivity contribution in [2.45, 2.75) is 47.0 Å². The fraction of sp³-hybridized carbons (Fsp3) is 0.0722. The zero-order valence-corrected chi connectivity index (χ0v) is 64.1. The van der Waals surface area contributed by atoms with Gasteiger partial charge in [0.15, 0.2) is 11.7 Å². The second-order valence-electron chi connectivity index (χ2n) is 27.2. The molecule has 1 aliphatic carbocycles. The van der Waals surface area contributed by atoms with E-state index in [-0.39, 0.29) is 31.1 Å². The van der Waals surface area contributed by atoms with E-state index in [0.29, 0.717) is 23.1 Å². The maximum atomic E-state index is 6.47. The van der Waals surface area contributed by atoms with E-state index in [1.54, 1.807) is 11.3 Å². The summed E-state index contributed by atoms with van der Waals surface area (Å²) in [4.78, 5) is 25.2. The number of hydrogen-bond donors (Lipinski definition) is 1. The number of allylic oxidation sites excluding steroid dienone is 4. The molecule has 0 amide bonds. The number of para-hydroxylation sites is 4. The summed E-state index contributed by atoms with van der Waals surface area (Å²) in [5.41, 5.74) is 27.4. The minimum atomic E-state index is 0.